The first-order chi connectivity index (χ1) is 10.1. The maximum atomic E-state index is 5.30. The third kappa shape index (κ3) is 4.50. The molecule has 0 radical (unpaired) electrons. The number of anilines is 1. The minimum atomic E-state index is 0.483. The van der Waals surface area contributed by atoms with Gasteiger partial charge in [-0.05, 0) is 23.6 Å². The summed E-state index contributed by atoms with van der Waals surface area (Å²) in [4.78, 5) is 0. The Hall–Kier alpha value is -1.48. The molecule has 1 atom stereocenters. The molecule has 21 heavy (non-hydrogen) atoms. The normalized spacial score (nSPS) is 12.2. The van der Waals surface area contributed by atoms with Gasteiger partial charge in [0.1, 0.15) is 5.75 Å². The van der Waals surface area contributed by atoms with Gasteiger partial charge in [-0.3, -0.25) is 0 Å². The van der Waals surface area contributed by atoms with Gasteiger partial charge < -0.3 is 10.1 Å². The van der Waals surface area contributed by atoms with E-state index >= 15 is 0 Å². The molecule has 0 aliphatic rings. The molecule has 0 aliphatic carbocycles. The number of nitrogens with one attached hydrogen (secondary N) is 1. The third-order valence-electron chi connectivity index (χ3n) is 3.67. The van der Waals surface area contributed by atoms with Gasteiger partial charge in [-0.2, -0.15) is 0 Å². The van der Waals surface area contributed by atoms with E-state index in [0.717, 1.165) is 22.5 Å². The summed E-state index contributed by atoms with van der Waals surface area (Å²) in [5.41, 5.74) is 2.45. The number of halogens is 1. The van der Waals surface area contributed by atoms with Crippen LogP contribution in [0.2, 0.25) is 0 Å². The van der Waals surface area contributed by atoms with E-state index in [1.807, 2.05) is 12.1 Å². The number of benzene rings is 2. The fourth-order valence-electron chi connectivity index (χ4n) is 2.45. The molecule has 2 nitrogen and oxygen atoms in total. The Balaban J connectivity index is 2.11. The molecule has 0 spiro atoms. The molecule has 0 amide bonds. The van der Waals surface area contributed by atoms with Gasteiger partial charge in [0, 0.05) is 28.7 Å². The first-order valence-electron chi connectivity index (χ1n) is 7.23. The van der Waals surface area contributed by atoms with Crippen LogP contribution in [0.15, 0.2) is 53.0 Å². The monoisotopic (exact) mass is 347 g/mol. The molecule has 0 saturated heterocycles. The summed E-state index contributed by atoms with van der Waals surface area (Å²) in [6.45, 7) is 5.43. The van der Waals surface area contributed by atoms with Crippen molar-refractivity contribution in [1.29, 1.82) is 0 Å². The van der Waals surface area contributed by atoms with Gasteiger partial charge in [-0.15, -0.1) is 0 Å². The summed E-state index contributed by atoms with van der Waals surface area (Å²) in [6.07, 6.45) is 0. The molecule has 1 N–H and O–H groups in total. The van der Waals surface area contributed by atoms with E-state index in [1.165, 1.54) is 5.56 Å². The minimum absolute atomic E-state index is 0.483. The van der Waals surface area contributed by atoms with Gasteiger partial charge in [-0.25, -0.2) is 0 Å². The largest absolute Gasteiger partial charge is 0.497 e. The third-order valence-corrected chi connectivity index (χ3v) is 4.12. The lowest BCUT2D eigenvalue weighted by atomic mass is 9.88. The second-order valence-electron chi connectivity index (χ2n) is 5.52. The summed E-state index contributed by atoms with van der Waals surface area (Å²) in [6, 6.07) is 16.7. The molecule has 0 aromatic heterocycles. The first-order valence-corrected chi connectivity index (χ1v) is 8.03. The molecule has 0 saturated carbocycles. The highest BCUT2D eigenvalue weighted by molar-refractivity contribution is 9.10. The van der Waals surface area contributed by atoms with Crippen LogP contribution in [0.3, 0.4) is 0 Å². The smallest absolute Gasteiger partial charge is 0.122 e. The standard InChI is InChI=1S/C18H22BrNO/c1-13(2)18(14-7-5-4-6-8-14)12-20-16-9-15(19)10-17(11-16)21-3/h4-11,13,18,20H,12H2,1-3H3. The predicted octanol–water partition coefficient (Wildman–Crippen LogP) is 5.31. The Kier molecular flexibility index (Phi) is 5.68. The minimum Gasteiger partial charge on any atom is -0.497 e. The number of rotatable bonds is 6. The number of methoxy groups -OCH3 is 1. The van der Waals surface area contributed by atoms with Crippen molar-refractivity contribution in [3.05, 3.63) is 58.6 Å². The van der Waals surface area contributed by atoms with E-state index in [0.29, 0.717) is 11.8 Å². The summed E-state index contributed by atoms with van der Waals surface area (Å²) in [5, 5.41) is 3.53. The second kappa shape index (κ2) is 7.51. The number of ether oxygens (including phenoxy) is 1. The molecular formula is C18H22BrNO. The van der Waals surface area contributed by atoms with Crippen LogP contribution in [0.5, 0.6) is 5.75 Å². The van der Waals surface area contributed by atoms with Crippen molar-refractivity contribution in [2.24, 2.45) is 5.92 Å². The van der Waals surface area contributed by atoms with E-state index in [2.05, 4.69) is 71.5 Å². The van der Waals surface area contributed by atoms with Crippen molar-refractivity contribution in [2.75, 3.05) is 19.0 Å². The van der Waals surface area contributed by atoms with Crippen LogP contribution in [-0.4, -0.2) is 13.7 Å². The fraction of sp³-hybridized carbons (Fsp3) is 0.333. The Bertz CT molecular complexity index is 569. The number of hydrogen-bond donors (Lipinski definition) is 1. The molecule has 1 unspecified atom stereocenters. The van der Waals surface area contributed by atoms with Crippen LogP contribution in [0.25, 0.3) is 0 Å². The summed E-state index contributed by atoms with van der Waals surface area (Å²) in [5.74, 6) is 1.91. The predicted molar refractivity (Wildman–Crippen MR) is 93.2 cm³/mol. The Morgan fingerprint density at radius 2 is 1.81 bits per heavy atom. The molecule has 0 heterocycles. The van der Waals surface area contributed by atoms with Gasteiger partial charge >= 0.3 is 0 Å². The Morgan fingerprint density at radius 1 is 1.10 bits per heavy atom. The SMILES string of the molecule is COc1cc(Br)cc(NCC(c2ccccc2)C(C)C)c1. The van der Waals surface area contributed by atoms with E-state index < -0.39 is 0 Å². The lowest BCUT2D eigenvalue weighted by Gasteiger charge is -2.22. The lowest BCUT2D eigenvalue weighted by molar-refractivity contribution is 0.414. The van der Waals surface area contributed by atoms with Crippen LogP contribution in [-0.2, 0) is 0 Å². The zero-order valence-electron chi connectivity index (χ0n) is 12.8. The van der Waals surface area contributed by atoms with Crippen molar-refractivity contribution < 1.29 is 4.74 Å². The van der Waals surface area contributed by atoms with E-state index in [4.69, 9.17) is 4.74 Å². The zero-order chi connectivity index (χ0) is 15.2. The molecule has 112 valence electrons. The first kappa shape index (κ1) is 15.9. The van der Waals surface area contributed by atoms with Crippen LogP contribution in [0.4, 0.5) is 5.69 Å². The van der Waals surface area contributed by atoms with Crippen LogP contribution >= 0.6 is 15.9 Å². The summed E-state index contributed by atoms with van der Waals surface area (Å²) in [7, 11) is 1.69. The number of hydrogen-bond acceptors (Lipinski definition) is 2. The highest BCUT2D eigenvalue weighted by Crippen LogP contribution is 2.28. The molecule has 0 fully saturated rings. The van der Waals surface area contributed by atoms with E-state index in [-0.39, 0.29) is 0 Å². The van der Waals surface area contributed by atoms with Gasteiger partial charge in [0.2, 0.25) is 0 Å². The van der Waals surface area contributed by atoms with Gasteiger partial charge in [0.25, 0.3) is 0 Å². The summed E-state index contributed by atoms with van der Waals surface area (Å²) >= 11 is 3.51. The van der Waals surface area contributed by atoms with Crippen LogP contribution in [0.1, 0.15) is 25.3 Å². The summed E-state index contributed by atoms with van der Waals surface area (Å²) < 4.78 is 6.32. The highest BCUT2D eigenvalue weighted by Gasteiger charge is 2.15. The maximum Gasteiger partial charge on any atom is 0.122 e. The maximum absolute atomic E-state index is 5.30. The fourth-order valence-corrected chi connectivity index (χ4v) is 2.92. The lowest BCUT2D eigenvalue weighted by Crippen LogP contribution is -2.17. The molecule has 0 aliphatic heterocycles. The van der Waals surface area contributed by atoms with E-state index in [1.54, 1.807) is 7.11 Å². The van der Waals surface area contributed by atoms with Gasteiger partial charge in [0.15, 0.2) is 0 Å². The van der Waals surface area contributed by atoms with Crippen molar-refractivity contribution in [3.63, 3.8) is 0 Å². The van der Waals surface area contributed by atoms with Crippen LogP contribution in [0, 0.1) is 5.92 Å². The molecule has 2 aromatic rings. The highest BCUT2D eigenvalue weighted by atomic mass is 79.9. The van der Waals surface area contributed by atoms with Crippen molar-refractivity contribution in [2.45, 2.75) is 19.8 Å². The molecular weight excluding hydrogens is 326 g/mol. The van der Waals surface area contributed by atoms with Crippen molar-refractivity contribution in [1.82, 2.24) is 0 Å². The average Bonchev–Trinajstić information content (AvgIpc) is 2.47. The average molecular weight is 348 g/mol. The van der Waals surface area contributed by atoms with Crippen LogP contribution < -0.4 is 10.1 Å². The van der Waals surface area contributed by atoms with Crippen molar-refractivity contribution in [3.8, 4) is 5.75 Å². The second-order valence-corrected chi connectivity index (χ2v) is 6.44. The molecule has 0 bridgehead atoms. The van der Waals surface area contributed by atoms with Gasteiger partial charge in [0.05, 0.1) is 7.11 Å². The zero-order valence-corrected chi connectivity index (χ0v) is 14.4. The molecule has 2 rings (SSSR count). The Morgan fingerprint density at radius 3 is 2.43 bits per heavy atom. The molecule has 2 aromatic carbocycles. The Labute approximate surface area is 135 Å². The van der Waals surface area contributed by atoms with E-state index in [9.17, 15) is 0 Å². The quantitative estimate of drug-likeness (QED) is 0.764. The van der Waals surface area contributed by atoms with Crippen molar-refractivity contribution >= 4 is 21.6 Å². The molecule has 3 heteroatoms. The topological polar surface area (TPSA) is 21.3 Å². The van der Waals surface area contributed by atoms with Gasteiger partial charge in [-0.1, -0.05) is 60.1 Å².